The maximum absolute atomic E-state index is 12.9. The molecular formula is C12H17F3N2S. The minimum atomic E-state index is -4.34. The van der Waals surface area contributed by atoms with Crippen molar-refractivity contribution < 1.29 is 13.2 Å². The topological polar surface area (TPSA) is 24.9 Å². The van der Waals surface area contributed by atoms with Crippen molar-refractivity contribution >= 4 is 11.3 Å². The Labute approximate surface area is 109 Å². The second kappa shape index (κ2) is 5.57. The van der Waals surface area contributed by atoms with Crippen LogP contribution in [-0.2, 0) is 12.7 Å². The standard InChI is InChI=1S/C12H17F3N2S/c1-2-16-7-9-10(12(13,14)15)17-11(18-9)8-5-3-4-6-8/h8,16H,2-7H2,1H3. The van der Waals surface area contributed by atoms with Crippen molar-refractivity contribution in [1.29, 1.82) is 0 Å². The van der Waals surface area contributed by atoms with Crippen LogP contribution in [0.2, 0.25) is 0 Å². The number of hydrogen-bond acceptors (Lipinski definition) is 3. The van der Waals surface area contributed by atoms with E-state index in [-0.39, 0.29) is 12.5 Å². The Kier molecular flexibility index (Phi) is 4.27. The fraction of sp³-hybridized carbons (Fsp3) is 0.750. The van der Waals surface area contributed by atoms with Gasteiger partial charge < -0.3 is 5.32 Å². The van der Waals surface area contributed by atoms with Crippen molar-refractivity contribution in [2.45, 2.75) is 51.2 Å². The molecule has 0 saturated heterocycles. The van der Waals surface area contributed by atoms with Crippen LogP contribution in [0.3, 0.4) is 0 Å². The van der Waals surface area contributed by atoms with Crippen LogP contribution in [0.1, 0.15) is 54.1 Å². The molecule has 1 aliphatic rings. The van der Waals surface area contributed by atoms with Gasteiger partial charge in [0.2, 0.25) is 0 Å². The van der Waals surface area contributed by atoms with E-state index in [1.54, 1.807) is 0 Å². The number of nitrogens with zero attached hydrogens (tertiary/aromatic N) is 1. The number of alkyl halides is 3. The van der Waals surface area contributed by atoms with E-state index in [9.17, 15) is 13.2 Å². The summed E-state index contributed by atoms with van der Waals surface area (Å²) in [5, 5.41) is 3.63. The molecule has 1 saturated carbocycles. The summed E-state index contributed by atoms with van der Waals surface area (Å²) in [6, 6.07) is 0. The van der Waals surface area contributed by atoms with Crippen LogP contribution < -0.4 is 5.32 Å². The molecule has 18 heavy (non-hydrogen) atoms. The van der Waals surface area contributed by atoms with Crippen molar-refractivity contribution in [3.63, 3.8) is 0 Å². The average Bonchev–Trinajstić information content (AvgIpc) is 2.93. The third-order valence-electron chi connectivity index (χ3n) is 3.22. The molecule has 1 heterocycles. The van der Waals surface area contributed by atoms with E-state index in [4.69, 9.17) is 0 Å². The number of nitrogens with one attached hydrogen (secondary N) is 1. The molecule has 0 radical (unpaired) electrons. The first-order chi connectivity index (χ1) is 8.52. The van der Waals surface area contributed by atoms with E-state index in [0.29, 0.717) is 16.4 Å². The summed E-state index contributed by atoms with van der Waals surface area (Å²) >= 11 is 1.23. The molecule has 2 rings (SSSR count). The van der Waals surface area contributed by atoms with Crippen LogP contribution in [0, 0.1) is 0 Å². The second-order valence-electron chi connectivity index (χ2n) is 4.58. The van der Waals surface area contributed by atoms with Crippen molar-refractivity contribution in [2.24, 2.45) is 0 Å². The summed E-state index contributed by atoms with van der Waals surface area (Å²) in [6.07, 6.45) is -0.169. The lowest BCUT2D eigenvalue weighted by atomic mass is 10.1. The second-order valence-corrected chi connectivity index (χ2v) is 5.70. The molecule has 1 fully saturated rings. The predicted octanol–water partition coefficient (Wildman–Crippen LogP) is 3.93. The maximum Gasteiger partial charge on any atom is 0.434 e. The summed E-state index contributed by atoms with van der Waals surface area (Å²) in [5.74, 6) is 0.242. The van der Waals surface area contributed by atoms with Gasteiger partial charge in [-0.05, 0) is 19.4 Å². The Balaban J connectivity index is 2.24. The van der Waals surface area contributed by atoms with Gasteiger partial charge in [-0.1, -0.05) is 19.8 Å². The van der Waals surface area contributed by atoms with E-state index in [1.807, 2.05) is 6.92 Å². The maximum atomic E-state index is 12.9. The minimum absolute atomic E-state index is 0.242. The van der Waals surface area contributed by atoms with Crippen LogP contribution >= 0.6 is 11.3 Å². The molecule has 1 aromatic heterocycles. The van der Waals surface area contributed by atoms with Crippen LogP contribution in [0.25, 0.3) is 0 Å². The van der Waals surface area contributed by atoms with Crippen molar-refractivity contribution in [3.05, 3.63) is 15.6 Å². The minimum Gasteiger partial charge on any atom is -0.312 e. The van der Waals surface area contributed by atoms with Gasteiger partial charge >= 0.3 is 6.18 Å². The number of aromatic nitrogens is 1. The monoisotopic (exact) mass is 278 g/mol. The van der Waals surface area contributed by atoms with E-state index in [2.05, 4.69) is 10.3 Å². The Hall–Kier alpha value is -0.620. The zero-order chi connectivity index (χ0) is 13.2. The van der Waals surface area contributed by atoms with Gasteiger partial charge in [0, 0.05) is 12.5 Å². The smallest absolute Gasteiger partial charge is 0.312 e. The van der Waals surface area contributed by atoms with E-state index in [1.165, 1.54) is 11.3 Å². The number of hydrogen-bond donors (Lipinski definition) is 1. The van der Waals surface area contributed by atoms with Gasteiger partial charge in [0.15, 0.2) is 5.69 Å². The molecule has 0 bridgehead atoms. The molecule has 2 nitrogen and oxygen atoms in total. The lowest BCUT2D eigenvalue weighted by Crippen LogP contribution is -2.15. The molecule has 0 aliphatic heterocycles. The van der Waals surface area contributed by atoms with Crippen LogP contribution in [-0.4, -0.2) is 11.5 Å². The lowest BCUT2D eigenvalue weighted by Gasteiger charge is -2.06. The Morgan fingerprint density at radius 1 is 1.33 bits per heavy atom. The third-order valence-corrected chi connectivity index (χ3v) is 4.44. The molecule has 1 aromatic rings. The molecule has 1 aliphatic carbocycles. The highest BCUT2D eigenvalue weighted by Gasteiger charge is 2.38. The fourth-order valence-electron chi connectivity index (χ4n) is 2.30. The lowest BCUT2D eigenvalue weighted by molar-refractivity contribution is -0.141. The highest BCUT2D eigenvalue weighted by atomic mass is 32.1. The van der Waals surface area contributed by atoms with Crippen LogP contribution in [0.15, 0.2) is 0 Å². The van der Waals surface area contributed by atoms with Crippen LogP contribution in [0.4, 0.5) is 13.2 Å². The summed E-state index contributed by atoms with van der Waals surface area (Å²) < 4.78 is 38.7. The summed E-state index contributed by atoms with van der Waals surface area (Å²) in [6.45, 7) is 2.80. The zero-order valence-corrected chi connectivity index (χ0v) is 11.1. The predicted molar refractivity (Wildman–Crippen MR) is 65.7 cm³/mol. The zero-order valence-electron chi connectivity index (χ0n) is 10.3. The van der Waals surface area contributed by atoms with E-state index in [0.717, 1.165) is 25.7 Å². The number of thiazole rings is 1. The molecule has 0 atom stereocenters. The number of halogens is 3. The summed E-state index contributed by atoms with van der Waals surface area (Å²) in [4.78, 5) is 4.20. The molecule has 0 amide bonds. The number of rotatable bonds is 4. The van der Waals surface area contributed by atoms with Gasteiger partial charge in [-0.3, -0.25) is 0 Å². The quantitative estimate of drug-likeness (QED) is 0.902. The van der Waals surface area contributed by atoms with Crippen molar-refractivity contribution in [3.8, 4) is 0 Å². The van der Waals surface area contributed by atoms with E-state index < -0.39 is 11.9 Å². The highest BCUT2D eigenvalue weighted by Crippen LogP contribution is 2.41. The van der Waals surface area contributed by atoms with Crippen LogP contribution in [0.5, 0.6) is 0 Å². The van der Waals surface area contributed by atoms with Gasteiger partial charge in [-0.2, -0.15) is 13.2 Å². The highest BCUT2D eigenvalue weighted by molar-refractivity contribution is 7.11. The normalized spacial score (nSPS) is 17.6. The van der Waals surface area contributed by atoms with Gasteiger partial charge in [-0.15, -0.1) is 11.3 Å². The van der Waals surface area contributed by atoms with E-state index >= 15 is 0 Å². The first-order valence-electron chi connectivity index (χ1n) is 6.30. The largest absolute Gasteiger partial charge is 0.434 e. The third kappa shape index (κ3) is 3.03. The molecule has 1 N–H and O–H groups in total. The summed E-state index contributed by atoms with van der Waals surface area (Å²) in [7, 11) is 0. The first-order valence-corrected chi connectivity index (χ1v) is 7.11. The Bertz CT molecular complexity index is 395. The van der Waals surface area contributed by atoms with Gasteiger partial charge in [-0.25, -0.2) is 4.98 Å². The summed E-state index contributed by atoms with van der Waals surface area (Å²) in [5.41, 5.74) is -0.685. The SMILES string of the molecule is CCNCc1sc(C2CCCC2)nc1C(F)(F)F. The Morgan fingerprint density at radius 3 is 2.56 bits per heavy atom. The molecule has 102 valence electrons. The van der Waals surface area contributed by atoms with Crippen molar-refractivity contribution in [1.82, 2.24) is 10.3 Å². The molecule has 0 unspecified atom stereocenters. The fourth-order valence-corrected chi connectivity index (χ4v) is 3.52. The van der Waals surface area contributed by atoms with Gasteiger partial charge in [0.05, 0.1) is 9.88 Å². The van der Waals surface area contributed by atoms with Gasteiger partial charge in [0.1, 0.15) is 0 Å². The Morgan fingerprint density at radius 2 is 2.00 bits per heavy atom. The molecule has 6 heteroatoms. The molecular weight excluding hydrogens is 261 g/mol. The average molecular weight is 278 g/mol. The van der Waals surface area contributed by atoms with Crippen molar-refractivity contribution in [2.75, 3.05) is 6.54 Å². The molecule has 0 aromatic carbocycles. The van der Waals surface area contributed by atoms with Gasteiger partial charge in [0.25, 0.3) is 0 Å². The molecule has 0 spiro atoms. The first kappa shape index (κ1) is 13.8.